The Hall–Kier alpha value is -0.480. The van der Waals surface area contributed by atoms with Gasteiger partial charge in [0.2, 0.25) is 10.0 Å². The van der Waals surface area contributed by atoms with Crippen molar-refractivity contribution in [1.82, 2.24) is 4.72 Å². The maximum atomic E-state index is 12.0. The quantitative estimate of drug-likeness (QED) is 0.747. The molecule has 1 unspecified atom stereocenters. The smallest absolute Gasteiger partial charge is 0.337 e. The highest BCUT2D eigenvalue weighted by Crippen LogP contribution is 2.29. The highest BCUT2D eigenvalue weighted by Gasteiger charge is 2.20. The SMILES string of the molecule is CS(=O)CCNS(=O)(=O)c1cc(Br)c(Cl)c(C(=O)O)c1. The molecule has 20 heavy (non-hydrogen) atoms. The van der Waals surface area contributed by atoms with Crippen LogP contribution < -0.4 is 4.72 Å². The second-order valence-corrected chi connectivity index (χ2v) is 8.30. The number of hydrogen-bond donors (Lipinski definition) is 2. The van der Waals surface area contributed by atoms with Gasteiger partial charge in [-0.25, -0.2) is 17.9 Å². The van der Waals surface area contributed by atoms with Crippen LogP contribution in [0.15, 0.2) is 21.5 Å². The van der Waals surface area contributed by atoms with Crippen molar-refractivity contribution in [2.75, 3.05) is 18.6 Å². The van der Waals surface area contributed by atoms with E-state index >= 15 is 0 Å². The van der Waals surface area contributed by atoms with E-state index in [1.165, 1.54) is 12.3 Å². The van der Waals surface area contributed by atoms with Crippen molar-refractivity contribution in [3.63, 3.8) is 0 Å². The van der Waals surface area contributed by atoms with Crippen LogP contribution in [-0.4, -0.2) is 42.3 Å². The summed E-state index contributed by atoms with van der Waals surface area (Å²) in [6.07, 6.45) is 1.45. The van der Waals surface area contributed by atoms with Crippen molar-refractivity contribution in [1.29, 1.82) is 0 Å². The summed E-state index contributed by atoms with van der Waals surface area (Å²) in [6, 6.07) is 2.18. The number of nitrogens with one attached hydrogen (secondary N) is 1. The molecule has 1 rings (SSSR count). The van der Waals surface area contributed by atoms with Gasteiger partial charge < -0.3 is 5.11 Å². The third-order valence-corrected chi connectivity index (χ3v) is 5.70. The first-order valence-electron chi connectivity index (χ1n) is 5.17. The van der Waals surface area contributed by atoms with E-state index in [9.17, 15) is 17.4 Å². The van der Waals surface area contributed by atoms with Gasteiger partial charge in [-0.15, -0.1) is 0 Å². The van der Waals surface area contributed by atoms with Crippen LogP contribution in [0.4, 0.5) is 0 Å². The fourth-order valence-electron chi connectivity index (χ4n) is 1.28. The molecule has 1 aromatic rings. The molecule has 0 bridgehead atoms. The lowest BCUT2D eigenvalue weighted by molar-refractivity contribution is 0.0696. The number of carboxylic acids is 1. The number of sulfonamides is 1. The molecule has 2 N–H and O–H groups in total. The van der Waals surface area contributed by atoms with Crippen molar-refractivity contribution in [3.05, 3.63) is 27.2 Å². The molecule has 0 spiro atoms. The summed E-state index contributed by atoms with van der Waals surface area (Å²) >= 11 is 8.79. The molecular weight excluding hydrogens is 394 g/mol. The van der Waals surface area contributed by atoms with Gasteiger partial charge in [0.1, 0.15) is 0 Å². The topological polar surface area (TPSA) is 101 Å². The van der Waals surface area contributed by atoms with Crippen LogP contribution in [0, 0.1) is 0 Å². The largest absolute Gasteiger partial charge is 0.478 e. The second kappa shape index (κ2) is 6.99. The molecule has 0 amide bonds. The molecule has 0 saturated carbocycles. The van der Waals surface area contributed by atoms with E-state index in [0.29, 0.717) is 0 Å². The molecule has 112 valence electrons. The summed E-state index contributed by atoms with van der Waals surface area (Å²) in [7, 11) is -5.02. The van der Waals surface area contributed by atoms with Gasteiger partial charge >= 0.3 is 5.97 Å². The third kappa shape index (κ3) is 4.52. The number of hydrogen-bond acceptors (Lipinski definition) is 4. The maximum absolute atomic E-state index is 12.0. The monoisotopic (exact) mass is 403 g/mol. The van der Waals surface area contributed by atoms with E-state index in [0.717, 1.165) is 6.07 Å². The minimum Gasteiger partial charge on any atom is -0.478 e. The average molecular weight is 405 g/mol. The zero-order valence-corrected chi connectivity index (χ0v) is 14.2. The van der Waals surface area contributed by atoms with Gasteiger partial charge in [-0.2, -0.15) is 0 Å². The van der Waals surface area contributed by atoms with E-state index in [4.69, 9.17) is 16.7 Å². The maximum Gasteiger partial charge on any atom is 0.337 e. The van der Waals surface area contributed by atoms with Crippen molar-refractivity contribution >= 4 is 54.3 Å². The highest BCUT2D eigenvalue weighted by atomic mass is 79.9. The van der Waals surface area contributed by atoms with Gasteiger partial charge in [0.05, 0.1) is 15.5 Å². The molecule has 0 aliphatic heterocycles. The molecule has 1 atom stereocenters. The molecule has 0 aliphatic carbocycles. The summed E-state index contributed by atoms with van der Waals surface area (Å²) in [5.41, 5.74) is -0.319. The standard InChI is InChI=1S/C10H11BrClNO5S2/c1-19(16)3-2-13-20(17,18)6-4-7(10(14)15)9(12)8(11)5-6/h4-5,13H,2-3H2,1H3,(H,14,15). The summed E-state index contributed by atoms with van der Waals surface area (Å²) in [5.74, 6) is -1.16. The fourth-order valence-corrected chi connectivity index (χ4v) is 3.68. The van der Waals surface area contributed by atoms with Gasteiger partial charge in [0.15, 0.2) is 0 Å². The molecular formula is C10H11BrClNO5S2. The average Bonchev–Trinajstić information content (AvgIpc) is 2.31. The Morgan fingerprint density at radius 3 is 2.60 bits per heavy atom. The molecule has 0 aliphatic rings. The van der Waals surface area contributed by atoms with Crippen molar-refractivity contribution in [2.45, 2.75) is 4.90 Å². The summed E-state index contributed by atoms with van der Waals surface area (Å²) < 4.78 is 37.3. The van der Waals surface area contributed by atoms with Gasteiger partial charge in [-0.1, -0.05) is 11.6 Å². The summed E-state index contributed by atoms with van der Waals surface area (Å²) in [6.45, 7) is -0.00586. The summed E-state index contributed by atoms with van der Waals surface area (Å²) in [4.78, 5) is 10.8. The Bertz CT molecular complexity index is 662. The summed E-state index contributed by atoms with van der Waals surface area (Å²) in [5, 5.41) is 8.89. The van der Waals surface area contributed by atoms with Gasteiger partial charge in [-0.3, -0.25) is 4.21 Å². The number of carbonyl (C=O) groups is 1. The minimum atomic E-state index is -3.89. The number of aromatic carboxylic acids is 1. The Morgan fingerprint density at radius 1 is 1.50 bits per heavy atom. The van der Waals surface area contributed by atoms with Crippen LogP contribution in [0.1, 0.15) is 10.4 Å². The van der Waals surface area contributed by atoms with Crippen LogP contribution in [-0.2, 0) is 20.8 Å². The number of benzene rings is 1. The van der Waals surface area contributed by atoms with E-state index in [2.05, 4.69) is 20.7 Å². The minimum absolute atomic E-state index is 0.00586. The molecule has 0 radical (unpaired) electrons. The Labute approximate surface area is 132 Å². The van der Waals surface area contributed by atoms with E-state index in [-0.39, 0.29) is 32.3 Å². The molecule has 0 aromatic heterocycles. The third-order valence-electron chi connectivity index (χ3n) is 2.22. The van der Waals surface area contributed by atoms with Crippen LogP contribution in [0.3, 0.4) is 0 Å². The van der Waals surface area contributed by atoms with Crippen molar-refractivity contribution < 1.29 is 22.5 Å². The molecule has 6 nitrogen and oxygen atoms in total. The first-order valence-corrected chi connectivity index (χ1v) is 9.55. The Morgan fingerprint density at radius 2 is 2.10 bits per heavy atom. The van der Waals surface area contributed by atoms with Crippen LogP contribution >= 0.6 is 27.5 Å². The van der Waals surface area contributed by atoms with Crippen LogP contribution in [0.25, 0.3) is 0 Å². The van der Waals surface area contributed by atoms with Crippen LogP contribution in [0.5, 0.6) is 0 Å². The molecule has 0 heterocycles. The first-order chi connectivity index (χ1) is 9.15. The lowest BCUT2D eigenvalue weighted by Gasteiger charge is -2.09. The molecule has 1 aromatic carbocycles. The molecule has 0 saturated heterocycles. The zero-order valence-electron chi connectivity index (χ0n) is 10.2. The first kappa shape index (κ1) is 17.6. The van der Waals surface area contributed by atoms with E-state index in [1.54, 1.807) is 0 Å². The second-order valence-electron chi connectivity index (χ2n) is 3.75. The molecule has 0 fully saturated rings. The van der Waals surface area contributed by atoms with Crippen LogP contribution in [0.2, 0.25) is 5.02 Å². The lowest BCUT2D eigenvalue weighted by Crippen LogP contribution is -2.28. The Balaban J connectivity index is 3.13. The fraction of sp³-hybridized carbons (Fsp3) is 0.300. The van der Waals surface area contributed by atoms with Gasteiger partial charge in [0, 0.05) is 33.8 Å². The predicted octanol–water partition coefficient (Wildman–Crippen LogP) is 1.46. The Kier molecular flexibility index (Phi) is 6.14. The lowest BCUT2D eigenvalue weighted by atomic mass is 10.2. The van der Waals surface area contributed by atoms with Gasteiger partial charge in [-0.05, 0) is 28.1 Å². The number of rotatable bonds is 6. The number of carboxylic acid groups (broad SMARTS) is 1. The zero-order chi connectivity index (χ0) is 15.5. The number of halogens is 2. The predicted molar refractivity (Wildman–Crippen MR) is 80.2 cm³/mol. The van der Waals surface area contributed by atoms with Crippen molar-refractivity contribution in [3.8, 4) is 0 Å². The van der Waals surface area contributed by atoms with Crippen molar-refractivity contribution in [2.24, 2.45) is 0 Å². The van der Waals surface area contributed by atoms with E-state index < -0.39 is 26.8 Å². The highest BCUT2D eigenvalue weighted by molar-refractivity contribution is 9.10. The van der Waals surface area contributed by atoms with E-state index in [1.807, 2.05) is 0 Å². The normalized spacial score (nSPS) is 13.2. The molecule has 10 heteroatoms. The van der Waals surface area contributed by atoms with Gasteiger partial charge in [0.25, 0.3) is 0 Å².